The molecule has 2 aliphatic heterocycles. The lowest BCUT2D eigenvalue weighted by Crippen LogP contribution is -2.54. The lowest BCUT2D eigenvalue weighted by Gasteiger charge is -2.44. The van der Waals surface area contributed by atoms with Gasteiger partial charge in [0.15, 0.2) is 6.29 Å². The predicted molar refractivity (Wildman–Crippen MR) is 77.3 cm³/mol. The van der Waals surface area contributed by atoms with Crippen LogP contribution in [0.5, 0.6) is 0 Å². The molecule has 0 spiro atoms. The zero-order valence-electron chi connectivity index (χ0n) is 11.7. The van der Waals surface area contributed by atoms with Crippen LogP contribution < -0.4 is 0 Å². The fourth-order valence-electron chi connectivity index (χ4n) is 2.50. The number of hydrogen-bond acceptors (Lipinski definition) is 5. The molecule has 0 aliphatic carbocycles. The van der Waals surface area contributed by atoms with E-state index in [1.165, 1.54) is 0 Å². The van der Waals surface area contributed by atoms with E-state index < -0.39 is 0 Å². The summed E-state index contributed by atoms with van der Waals surface area (Å²) in [5, 5.41) is 0. The Morgan fingerprint density at radius 2 is 1.95 bits per heavy atom. The molecule has 0 bridgehead atoms. The van der Waals surface area contributed by atoms with Crippen LogP contribution >= 0.6 is 11.8 Å². The van der Waals surface area contributed by atoms with Crippen molar-refractivity contribution < 1.29 is 18.9 Å². The average Bonchev–Trinajstić information content (AvgIpc) is 2.48. The van der Waals surface area contributed by atoms with E-state index in [-0.39, 0.29) is 30.2 Å². The van der Waals surface area contributed by atoms with Crippen molar-refractivity contribution in [3.8, 4) is 0 Å². The first-order valence-electron chi connectivity index (χ1n) is 7.02. The molecule has 2 saturated heterocycles. The van der Waals surface area contributed by atoms with Gasteiger partial charge in [0.1, 0.15) is 12.2 Å². The second-order valence-corrected chi connectivity index (χ2v) is 6.23. The Bertz CT molecular complexity index is 427. The molecular formula is C15H20O4S. The topological polar surface area (TPSA) is 36.9 Å². The van der Waals surface area contributed by atoms with Crippen molar-refractivity contribution >= 4 is 11.8 Å². The summed E-state index contributed by atoms with van der Waals surface area (Å²) in [6, 6.07) is 9.97. The summed E-state index contributed by atoms with van der Waals surface area (Å²) in [6.45, 7) is 4.67. The monoisotopic (exact) mass is 296 g/mol. The molecule has 0 aromatic heterocycles. The molecule has 2 aliphatic rings. The smallest absolute Gasteiger partial charge is 0.207 e. The minimum Gasteiger partial charge on any atom is -0.346 e. The van der Waals surface area contributed by atoms with Gasteiger partial charge in [0.25, 0.3) is 0 Å². The van der Waals surface area contributed by atoms with Gasteiger partial charge in [0, 0.05) is 5.56 Å². The second kappa shape index (κ2) is 6.45. The van der Waals surface area contributed by atoms with Crippen molar-refractivity contribution in [2.75, 3.05) is 12.4 Å². The molecule has 20 heavy (non-hydrogen) atoms. The van der Waals surface area contributed by atoms with E-state index in [2.05, 4.69) is 6.92 Å². The molecule has 5 atom stereocenters. The van der Waals surface area contributed by atoms with E-state index in [0.717, 1.165) is 11.3 Å². The van der Waals surface area contributed by atoms with Gasteiger partial charge in [-0.2, -0.15) is 0 Å². The molecule has 3 unspecified atom stereocenters. The fraction of sp³-hybridized carbons (Fsp3) is 0.600. The molecule has 2 heterocycles. The second-order valence-electron chi connectivity index (χ2n) is 4.94. The largest absolute Gasteiger partial charge is 0.346 e. The van der Waals surface area contributed by atoms with E-state index in [1.807, 2.05) is 37.3 Å². The number of ether oxygens (including phenoxy) is 4. The third-order valence-electron chi connectivity index (χ3n) is 3.51. The molecule has 1 aromatic carbocycles. The van der Waals surface area contributed by atoms with Crippen LogP contribution in [-0.4, -0.2) is 36.3 Å². The predicted octanol–water partition coefficient (Wildman–Crippen LogP) is 2.94. The van der Waals surface area contributed by atoms with Gasteiger partial charge in [-0.15, -0.1) is 11.8 Å². The number of thioether (sulfide) groups is 1. The quantitative estimate of drug-likeness (QED) is 0.857. The Morgan fingerprint density at radius 1 is 1.15 bits per heavy atom. The van der Waals surface area contributed by atoms with E-state index in [9.17, 15) is 0 Å². The Kier molecular flexibility index (Phi) is 4.63. The fourth-order valence-corrected chi connectivity index (χ4v) is 3.25. The third kappa shape index (κ3) is 3.02. The molecule has 5 heteroatoms. The van der Waals surface area contributed by atoms with Gasteiger partial charge in [0.2, 0.25) is 5.62 Å². The van der Waals surface area contributed by atoms with Gasteiger partial charge in [-0.25, -0.2) is 0 Å². The van der Waals surface area contributed by atoms with Crippen LogP contribution in [0.2, 0.25) is 0 Å². The lowest BCUT2D eigenvalue weighted by molar-refractivity contribution is -0.339. The standard InChI is InChI=1S/C15H20O4S/c1-3-20-15-17-10(2)13-12(18-15)9-16-14(19-13)11-7-5-4-6-8-11/h4-8,10,12-15H,3,9H2,1-2H3/t10?,12-,13-,14?,15?/m0/s1. The molecule has 3 rings (SSSR count). The maximum atomic E-state index is 6.03. The van der Waals surface area contributed by atoms with Crippen LogP contribution in [0.15, 0.2) is 30.3 Å². The first-order valence-corrected chi connectivity index (χ1v) is 8.07. The van der Waals surface area contributed by atoms with Gasteiger partial charge in [-0.1, -0.05) is 37.3 Å². The molecule has 0 amide bonds. The molecule has 1 aromatic rings. The van der Waals surface area contributed by atoms with Crippen LogP contribution in [-0.2, 0) is 18.9 Å². The van der Waals surface area contributed by atoms with Crippen molar-refractivity contribution in [2.45, 2.75) is 44.1 Å². The highest BCUT2D eigenvalue weighted by Crippen LogP contribution is 2.35. The highest BCUT2D eigenvalue weighted by molar-refractivity contribution is 7.99. The zero-order chi connectivity index (χ0) is 13.9. The summed E-state index contributed by atoms with van der Waals surface area (Å²) in [5.41, 5.74) is 0.819. The van der Waals surface area contributed by atoms with E-state index in [1.54, 1.807) is 11.8 Å². The van der Waals surface area contributed by atoms with Gasteiger partial charge in [-0.05, 0) is 12.7 Å². The summed E-state index contributed by atoms with van der Waals surface area (Å²) >= 11 is 1.65. The number of fused-ring (bicyclic) bond motifs is 1. The van der Waals surface area contributed by atoms with Crippen molar-refractivity contribution in [2.24, 2.45) is 0 Å². The van der Waals surface area contributed by atoms with Crippen LogP contribution in [0.4, 0.5) is 0 Å². The zero-order valence-corrected chi connectivity index (χ0v) is 12.5. The van der Waals surface area contributed by atoms with Crippen molar-refractivity contribution in [1.29, 1.82) is 0 Å². The molecule has 110 valence electrons. The molecular weight excluding hydrogens is 276 g/mol. The SMILES string of the molecule is CCSC1OC(C)[C@@H]2OC(c3ccccc3)OC[C@@H]2O1. The van der Waals surface area contributed by atoms with E-state index in [0.29, 0.717) is 6.61 Å². The van der Waals surface area contributed by atoms with Gasteiger partial charge >= 0.3 is 0 Å². The first kappa shape index (κ1) is 14.4. The number of benzene rings is 1. The van der Waals surface area contributed by atoms with E-state index >= 15 is 0 Å². The summed E-state index contributed by atoms with van der Waals surface area (Å²) in [5.74, 6) is 0.961. The van der Waals surface area contributed by atoms with Crippen LogP contribution in [0.25, 0.3) is 0 Å². The Morgan fingerprint density at radius 3 is 2.70 bits per heavy atom. The summed E-state index contributed by atoms with van der Waals surface area (Å²) in [7, 11) is 0. The van der Waals surface area contributed by atoms with Crippen LogP contribution in [0.1, 0.15) is 25.7 Å². The minimum absolute atomic E-state index is 0.00733. The maximum Gasteiger partial charge on any atom is 0.207 e. The Hall–Kier alpha value is -0.590. The lowest BCUT2D eigenvalue weighted by atomic mass is 10.1. The first-order chi connectivity index (χ1) is 9.78. The average molecular weight is 296 g/mol. The van der Waals surface area contributed by atoms with Crippen LogP contribution in [0, 0.1) is 0 Å². The highest BCUT2D eigenvalue weighted by Gasteiger charge is 2.43. The molecule has 0 N–H and O–H groups in total. The molecule has 2 fully saturated rings. The Labute approximate surface area is 123 Å². The minimum atomic E-state index is -0.331. The molecule has 0 radical (unpaired) electrons. The summed E-state index contributed by atoms with van der Waals surface area (Å²) in [4.78, 5) is 0. The van der Waals surface area contributed by atoms with Gasteiger partial charge in [-0.3, -0.25) is 0 Å². The van der Waals surface area contributed by atoms with Gasteiger partial charge in [0.05, 0.1) is 12.7 Å². The van der Waals surface area contributed by atoms with Crippen LogP contribution in [0.3, 0.4) is 0 Å². The van der Waals surface area contributed by atoms with Gasteiger partial charge < -0.3 is 18.9 Å². The van der Waals surface area contributed by atoms with Crippen molar-refractivity contribution in [3.63, 3.8) is 0 Å². The normalized spacial score (nSPS) is 37.4. The molecule has 0 saturated carbocycles. The summed E-state index contributed by atoms with van der Waals surface area (Å²) in [6.07, 6.45) is -0.458. The molecule has 4 nitrogen and oxygen atoms in total. The summed E-state index contributed by atoms with van der Waals surface area (Å²) < 4.78 is 23.5. The number of rotatable bonds is 3. The number of hydrogen-bond donors (Lipinski definition) is 0. The Balaban J connectivity index is 1.66. The maximum absolute atomic E-state index is 6.03. The highest BCUT2D eigenvalue weighted by atomic mass is 32.2. The van der Waals surface area contributed by atoms with Crippen molar-refractivity contribution in [1.82, 2.24) is 0 Å². The van der Waals surface area contributed by atoms with Crippen molar-refractivity contribution in [3.05, 3.63) is 35.9 Å². The van der Waals surface area contributed by atoms with E-state index in [4.69, 9.17) is 18.9 Å². The third-order valence-corrected chi connectivity index (χ3v) is 4.34.